The van der Waals surface area contributed by atoms with Crippen molar-refractivity contribution < 1.29 is 5.11 Å². The summed E-state index contributed by atoms with van der Waals surface area (Å²) in [6.45, 7) is 7.81. The third kappa shape index (κ3) is 3.97. The van der Waals surface area contributed by atoms with Gasteiger partial charge < -0.3 is 5.11 Å². The Morgan fingerprint density at radius 2 is 2.09 bits per heavy atom. The summed E-state index contributed by atoms with van der Waals surface area (Å²) < 4.78 is 0. The molecule has 5 heteroatoms. The predicted octanol–water partition coefficient (Wildman–Crippen LogP) is 3.19. The van der Waals surface area contributed by atoms with Crippen LogP contribution in [-0.4, -0.2) is 47.2 Å². The second-order valence-corrected chi connectivity index (χ2v) is 8.01. The SMILES string of the molecule is Cc1ccsc1CN1CCN(Cc2cccs2)C(CCO)C1. The number of rotatable bonds is 6. The van der Waals surface area contributed by atoms with E-state index in [0.29, 0.717) is 6.04 Å². The van der Waals surface area contributed by atoms with Crippen LogP contribution < -0.4 is 0 Å². The molecule has 2 aromatic rings. The van der Waals surface area contributed by atoms with Gasteiger partial charge in [0.05, 0.1) is 0 Å². The molecule has 1 fully saturated rings. The maximum absolute atomic E-state index is 9.41. The highest BCUT2D eigenvalue weighted by atomic mass is 32.1. The van der Waals surface area contributed by atoms with Gasteiger partial charge >= 0.3 is 0 Å². The lowest BCUT2D eigenvalue weighted by atomic mass is 10.1. The molecule has 1 unspecified atom stereocenters. The Bertz CT molecular complexity index is 567. The average Bonchev–Trinajstić information content (AvgIpc) is 3.15. The third-order valence-electron chi connectivity index (χ3n) is 4.43. The number of hydrogen-bond donors (Lipinski definition) is 1. The first kappa shape index (κ1) is 16.1. The standard InChI is InChI=1S/C17H24N2OS2/c1-14-5-10-22-17(14)13-18-6-7-19(15(11-18)4-8-20)12-16-3-2-9-21-16/h2-3,5,9-10,15,20H,4,6-8,11-13H2,1H3. The molecule has 0 bridgehead atoms. The van der Waals surface area contributed by atoms with Crippen LogP contribution in [0.4, 0.5) is 0 Å². The lowest BCUT2D eigenvalue weighted by molar-refractivity contribution is 0.0510. The summed E-state index contributed by atoms with van der Waals surface area (Å²) in [5, 5.41) is 13.7. The Morgan fingerprint density at radius 3 is 2.77 bits per heavy atom. The van der Waals surface area contributed by atoms with Crippen LogP contribution in [0, 0.1) is 6.92 Å². The Balaban J connectivity index is 1.61. The number of nitrogens with zero attached hydrogens (tertiary/aromatic N) is 2. The predicted molar refractivity (Wildman–Crippen MR) is 94.6 cm³/mol. The Hall–Kier alpha value is -0.720. The summed E-state index contributed by atoms with van der Waals surface area (Å²) in [5.74, 6) is 0. The summed E-state index contributed by atoms with van der Waals surface area (Å²) in [6.07, 6.45) is 0.866. The fourth-order valence-corrected chi connectivity index (χ4v) is 4.78. The van der Waals surface area contributed by atoms with E-state index in [1.54, 1.807) is 0 Å². The molecule has 0 aliphatic carbocycles. The van der Waals surface area contributed by atoms with Gasteiger partial charge in [0.1, 0.15) is 0 Å². The van der Waals surface area contributed by atoms with Crippen molar-refractivity contribution in [2.24, 2.45) is 0 Å². The molecule has 3 heterocycles. The van der Waals surface area contributed by atoms with Crippen molar-refractivity contribution in [2.75, 3.05) is 26.2 Å². The van der Waals surface area contributed by atoms with E-state index in [0.717, 1.165) is 39.1 Å². The topological polar surface area (TPSA) is 26.7 Å². The average molecular weight is 337 g/mol. The fraction of sp³-hybridized carbons (Fsp3) is 0.529. The van der Waals surface area contributed by atoms with Crippen molar-refractivity contribution in [3.63, 3.8) is 0 Å². The van der Waals surface area contributed by atoms with Gasteiger partial charge in [-0.1, -0.05) is 6.07 Å². The molecule has 3 rings (SSSR count). The first-order chi connectivity index (χ1) is 10.8. The lowest BCUT2D eigenvalue weighted by Gasteiger charge is -2.41. The summed E-state index contributed by atoms with van der Waals surface area (Å²) in [5.41, 5.74) is 1.41. The first-order valence-electron chi connectivity index (χ1n) is 7.89. The van der Waals surface area contributed by atoms with Crippen molar-refractivity contribution >= 4 is 22.7 Å². The van der Waals surface area contributed by atoms with Crippen LogP contribution in [0.2, 0.25) is 0 Å². The van der Waals surface area contributed by atoms with Gasteiger partial charge in [-0.05, 0) is 41.8 Å². The van der Waals surface area contributed by atoms with Crippen LogP contribution in [0.1, 0.15) is 21.7 Å². The van der Waals surface area contributed by atoms with E-state index < -0.39 is 0 Å². The largest absolute Gasteiger partial charge is 0.396 e. The molecule has 3 nitrogen and oxygen atoms in total. The molecule has 120 valence electrons. The van der Waals surface area contributed by atoms with Gasteiger partial charge in [-0.25, -0.2) is 0 Å². The van der Waals surface area contributed by atoms with Crippen molar-refractivity contribution in [1.29, 1.82) is 0 Å². The van der Waals surface area contributed by atoms with Gasteiger partial charge in [-0.2, -0.15) is 0 Å². The van der Waals surface area contributed by atoms with Gasteiger partial charge in [0.2, 0.25) is 0 Å². The minimum Gasteiger partial charge on any atom is -0.396 e. The molecule has 1 saturated heterocycles. The fourth-order valence-electron chi connectivity index (χ4n) is 3.10. The molecule has 0 radical (unpaired) electrons. The van der Waals surface area contributed by atoms with Crippen molar-refractivity contribution in [1.82, 2.24) is 9.80 Å². The van der Waals surface area contributed by atoms with Crippen LogP contribution in [0.5, 0.6) is 0 Å². The third-order valence-corrected chi connectivity index (χ3v) is 6.29. The van der Waals surface area contributed by atoms with Crippen LogP contribution in [0.15, 0.2) is 29.0 Å². The quantitative estimate of drug-likeness (QED) is 0.878. The maximum atomic E-state index is 9.41. The number of aryl methyl sites for hydroxylation is 1. The van der Waals surface area contributed by atoms with Gasteiger partial charge in [0.15, 0.2) is 0 Å². The van der Waals surface area contributed by atoms with Crippen molar-refractivity contribution in [3.05, 3.63) is 44.3 Å². The van der Waals surface area contributed by atoms with Gasteiger partial charge in [-0.15, -0.1) is 22.7 Å². The molecule has 0 aromatic carbocycles. The van der Waals surface area contributed by atoms with E-state index in [1.165, 1.54) is 15.3 Å². The van der Waals surface area contributed by atoms with E-state index in [1.807, 2.05) is 22.7 Å². The summed E-state index contributed by atoms with van der Waals surface area (Å²) >= 11 is 3.69. The molecule has 1 N–H and O–H groups in total. The van der Waals surface area contributed by atoms with E-state index in [-0.39, 0.29) is 6.61 Å². The molecule has 1 atom stereocenters. The molecule has 0 spiro atoms. The Kier molecular flexibility index (Phi) is 5.66. The zero-order valence-electron chi connectivity index (χ0n) is 13.1. The second-order valence-electron chi connectivity index (χ2n) is 5.98. The number of aliphatic hydroxyl groups excluding tert-OH is 1. The number of aliphatic hydroxyl groups is 1. The minimum absolute atomic E-state index is 0.275. The van der Waals surface area contributed by atoms with Crippen LogP contribution >= 0.6 is 22.7 Å². The van der Waals surface area contributed by atoms with Crippen LogP contribution in [0.3, 0.4) is 0 Å². The number of thiophene rings is 2. The highest BCUT2D eigenvalue weighted by Gasteiger charge is 2.27. The van der Waals surface area contributed by atoms with Crippen molar-refractivity contribution in [3.8, 4) is 0 Å². The minimum atomic E-state index is 0.275. The van der Waals surface area contributed by atoms with E-state index >= 15 is 0 Å². The lowest BCUT2D eigenvalue weighted by Crippen LogP contribution is -2.52. The monoisotopic (exact) mass is 336 g/mol. The molecule has 0 amide bonds. The highest BCUT2D eigenvalue weighted by molar-refractivity contribution is 7.10. The van der Waals surface area contributed by atoms with E-state index in [4.69, 9.17) is 0 Å². The molecule has 22 heavy (non-hydrogen) atoms. The molecule has 1 aliphatic heterocycles. The second kappa shape index (κ2) is 7.70. The zero-order chi connectivity index (χ0) is 15.4. The number of hydrogen-bond acceptors (Lipinski definition) is 5. The molecule has 1 aliphatic rings. The summed E-state index contributed by atoms with van der Waals surface area (Å²) in [4.78, 5) is 7.99. The molecule has 2 aromatic heterocycles. The Morgan fingerprint density at radius 1 is 1.18 bits per heavy atom. The first-order valence-corrected chi connectivity index (χ1v) is 9.65. The van der Waals surface area contributed by atoms with Crippen LogP contribution in [-0.2, 0) is 13.1 Å². The van der Waals surface area contributed by atoms with Gasteiger partial charge in [0.25, 0.3) is 0 Å². The van der Waals surface area contributed by atoms with Gasteiger partial charge in [-0.3, -0.25) is 9.80 Å². The van der Waals surface area contributed by atoms with E-state index in [9.17, 15) is 5.11 Å². The smallest absolute Gasteiger partial charge is 0.0446 e. The summed E-state index contributed by atoms with van der Waals surface area (Å²) in [6, 6.07) is 7.00. The summed E-state index contributed by atoms with van der Waals surface area (Å²) in [7, 11) is 0. The maximum Gasteiger partial charge on any atom is 0.0446 e. The zero-order valence-corrected chi connectivity index (χ0v) is 14.7. The van der Waals surface area contributed by atoms with Crippen molar-refractivity contribution in [2.45, 2.75) is 32.5 Å². The molecular formula is C17H24N2OS2. The van der Waals surface area contributed by atoms with Crippen LogP contribution in [0.25, 0.3) is 0 Å². The molecular weight excluding hydrogens is 312 g/mol. The highest BCUT2D eigenvalue weighted by Crippen LogP contribution is 2.23. The van der Waals surface area contributed by atoms with Gasteiger partial charge in [0, 0.05) is 55.1 Å². The number of piperazine rings is 1. The normalized spacial score (nSPS) is 20.5. The molecule has 0 saturated carbocycles. The van der Waals surface area contributed by atoms with E-state index in [2.05, 4.69) is 45.7 Å². The Labute approximate surface area is 140 Å².